The van der Waals surface area contributed by atoms with Crippen molar-refractivity contribution in [2.75, 3.05) is 19.3 Å². The van der Waals surface area contributed by atoms with Crippen molar-refractivity contribution >= 4 is 10.0 Å². The summed E-state index contributed by atoms with van der Waals surface area (Å²) in [5.74, 6) is 0.357. The minimum Gasteiger partial charge on any atom is -0.337 e. The third-order valence-electron chi connectivity index (χ3n) is 4.10. The Morgan fingerprint density at radius 2 is 2.29 bits per heavy atom. The molecule has 2 rings (SSSR count). The Morgan fingerprint density at radius 3 is 2.95 bits per heavy atom. The number of sulfonamides is 1. The predicted octanol–water partition coefficient (Wildman–Crippen LogP) is 0.835. The van der Waals surface area contributed by atoms with Gasteiger partial charge in [-0.25, -0.2) is 17.7 Å². The second kappa shape index (κ2) is 6.89. The molecule has 2 atom stereocenters. The molecule has 2 unspecified atom stereocenters. The molecule has 2 N–H and O–H groups in total. The Bertz CT molecular complexity index is 555. The quantitative estimate of drug-likeness (QED) is 0.843. The smallest absolute Gasteiger partial charge is 0.211 e. The van der Waals surface area contributed by atoms with Crippen LogP contribution in [0.5, 0.6) is 0 Å². The average molecular weight is 314 g/mol. The highest BCUT2D eigenvalue weighted by molar-refractivity contribution is 7.88. The standard InChI is InChI=1S/C14H26N4O2S/c1-3-13(15)7-14-10-17(11-16-14)8-12-5-4-6-18(9-12)21(2,19)20/h10-13H,3-9,15H2,1-2H3. The summed E-state index contributed by atoms with van der Waals surface area (Å²) < 4.78 is 26.9. The van der Waals surface area contributed by atoms with Crippen LogP contribution in [-0.2, 0) is 23.0 Å². The van der Waals surface area contributed by atoms with Gasteiger partial charge in [-0.2, -0.15) is 0 Å². The van der Waals surface area contributed by atoms with Gasteiger partial charge in [0.2, 0.25) is 10.0 Å². The van der Waals surface area contributed by atoms with Gasteiger partial charge >= 0.3 is 0 Å². The summed E-state index contributed by atoms with van der Waals surface area (Å²) in [4.78, 5) is 4.39. The second-order valence-corrected chi connectivity index (χ2v) is 8.05. The Balaban J connectivity index is 1.92. The van der Waals surface area contributed by atoms with Crippen molar-refractivity contribution in [1.29, 1.82) is 0 Å². The number of nitrogens with zero attached hydrogens (tertiary/aromatic N) is 3. The normalized spacial score (nSPS) is 22.3. The number of imidazole rings is 1. The minimum atomic E-state index is -3.07. The second-order valence-electron chi connectivity index (χ2n) is 6.06. The topological polar surface area (TPSA) is 81.2 Å². The zero-order chi connectivity index (χ0) is 15.5. The zero-order valence-electron chi connectivity index (χ0n) is 12.9. The van der Waals surface area contributed by atoms with Gasteiger partial charge < -0.3 is 10.3 Å². The van der Waals surface area contributed by atoms with E-state index in [1.807, 2.05) is 12.5 Å². The summed E-state index contributed by atoms with van der Waals surface area (Å²) in [5.41, 5.74) is 6.96. The minimum absolute atomic E-state index is 0.156. The molecule has 0 spiro atoms. The van der Waals surface area contributed by atoms with Crippen molar-refractivity contribution in [2.45, 2.75) is 45.2 Å². The van der Waals surface area contributed by atoms with Gasteiger partial charge in [0.05, 0.1) is 18.3 Å². The molecular formula is C14H26N4O2S. The van der Waals surface area contributed by atoms with Crippen LogP contribution in [0.2, 0.25) is 0 Å². The first-order valence-corrected chi connectivity index (χ1v) is 9.44. The molecule has 120 valence electrons. The Kier molecular flexibility index (Phi) is 5.40. The molecule has 0 radical (unpaired) electrons. The van der Waals surface area contributed by atoms with Crippen LogP contribution in [-0.4, -0.2) is 47.7 Å². The monoisotopic (exact) mass is 314 g/mol. The lowest BCUT2D eigenvalue weighted by Crippen LogP contribution is -2.40. The average Bonchev–Trinajstić information content (AvgIpc) is 2.85. The highest BCUT2D eigenvalue weighted by Crippen LogP contribution is 2.20. The number of rotatable bonds is 6. The van der Waals surface area contributed by atoms with Crippen LogP contribution < -0.4 is 5.73 Å². The van der Waals surface area contributed by atoms with Gasteiger partial charge in [-0.15, -0.1) is 0 Å². The maximum Gasteiger partial charge on any atom is 0.211 e. The van der Waals surface area contributed by atoms with Crippen molar-refractivity contribution in [3.63, 3.8) is 0 Å². The van der Waals surface area contributed by atoms with Crippen LogP contribution in [0.1, 0.15) is 31.9 Å². The fraction of sp³-hybridized carbons (Fsp3) is 0.786. The lowest BCUT2D eigenvalue weighted by Gasteiger charge is -2.31. The van der Waals surface area contributed by atoms with E-state index in [0.29, 0.717) is 19.0 Å². The van der Waals surface area contributed by atoms with E-state index in [-0.39, 0.29) is 6.04 Å². The number of piperidine rings is 1. The molecule has 1 aliphatic rings. The molecule has 1 saturated heterocycles. The summed E-state index contributed by atoms with van der Waals surface area (Å²) in [7, 11) is -3.07. The molecule has 21 heavy (non-hydrogen) atoms. The first-order chi connectivity index (χ1) is 9.88. The Labute approximate surface area is 127 Å². The van der Waals surface area contributed by atoms with Gasteiger partial charge in [-0.05, 0) is 25.2 Å². The molecule has 1 aromatic heterocycles. The van der Waals surface area contributed by atoms with Crippen LogP contribution >= 0.6 is 0 Å². The SMILES string of the molecule is CCC(N)Cc1cn(CC2CCCN(S(C)(=O)=O)C2)cn1. The molecule has 7 heteroatoms. The Morgan fingerprint density at radius 1 is 1.52 bits per heavy atom. The van der Waals surface area contributed by atoms with Crippen molar-refractivity contribution in [2.24, 2.45) is 11.7 Å². The summed E-state index contributed by atoms with van der Waals surface area (Å²) in [5, 5.41) is 0. The number of nitrogens with two attached hydrogens (primary N) is 1. The number of aromatic nitrogens is 2. The van der Waals surface area contributed by atoms with Gasteiger partial charge in [0.1, 0.15) is 0 Å². The summed E-state index contributed by atoms with van der Waals surface area (Å²) >= 11 is 0. The van der Waals surface area contributed by atoms with Crippen LogP contribution in [0.4, 0.5) is 0 Å². The van der Waals surface area contributed by atoms with Gasteiger partial charge in [-0.3, -0.25) is 0 Å². The summed E-state index contributed by atoms with van der Waals surface area (Å²) in [6, 6.07) is 0.156. The molecule has 0 aromatic carbocycles. The highest BCUT2D eigenvalue weighted by Gasteiger charge is 2.26. The molecule has 6 nitrogen and oxygen atoms in total. The van der Waals surface area contributed by atoms with Crippen LogP contribution in [0.15, 0.2) is 12.5 Å². The third-order valence-corrected chi connectivity index (χ3v) is 5.37. The summed E-state index contributed by atoms with van der Waals surface area (Å²) in [6.45, 7) is 4.15. The van der Waals surface area contributed by atoms with E-state index in [1.54, 1.807) is 4.31 Å². The van der Waals surface area contributed by atoms with E-state index in [4.69, 9.17) is 5.73 Å². The molecule has 0 saturated carbocycles. The van der Waals surface area contributed by atoms with Gasteiger partial charge in [0.25, 0.3) is 0 Å². The third kappa shape index (κ3) is 4.79. The highest BCUT2D eigenvalue weighted by atomic mass is 32.2. The van der Waals surface area contributed by atoms with Crippen molar-refractivity contribution in [1.82, 2.24) is 13.9 Å². The van der Waals surface area contributed by atoms with Crippen molar-refractivity contribution in [3.05, 3.63) is 18.2 Å². The van der Waals surface area contributed by atoms with E-state index in [0.717, 1.165) is 37.9 Å². The maximum absolute atomic E-state index is 11.6. The molecule has 1 aliphatic heterocycles. The van der Waals surface area contributed by atoms with E-state index in [1.165, 1.54) is 6.26 Å². The molecule has 2 heterocycles. The van der Waals surface area contributed by atoms with Crippen molar-refractivity contribution < 1.29 is 8.42 Å². The summed E-state index contributed by atoms with van der Waals surface area (Å²) in [6.07, 6.45) is 8.89. The maximum atomic E-state index is 11.6. The van der Waals surface area contributed by atoms with E-state index in [2.05, 4.69) is 16.5 Å². The van der Waals surface area contributed by atoms with Crippen LogP contribution in [0, 0.1) is 5.92 Å². The fourth-order valence-electron chi connectivity index (χ4n) is 2.80. The molecular weight excluding hydrogens is 288 g/mol. The van der Waals surface area contributed by atoms with Crippen molar-refractivity contribution in [3.8, 4) is 0 Å². The lowest BCUT2D eigenvalue weighted by molar-refractivity contribution is 0.246. The largest absolute Gasteiger partial charge is 0.337 e. The number of hydrogen-bond donors (Lipinski definition) is 1. The van der Waals surface area contributed by atoms with E-state index < -0.39 is 10.0 Å². The predicted molar refractivity (Wildman–Crippen MR) is 83.3 cm³/mol. The molecule has 1 aromatic rings. The number of hydrogen-bond acceptors (Lipinski definition) is 4. The van der Waals surface area contributed by atoms with Crippen LogP contribution in [0.3, 0.4) is 0 Å². The van der Waals surface area contributed by atoms with E-state index >= 15 is 0 Å². The van der Waals surface area contributed by atoms with E-state index in [9.17, 15) is 8.42 Å². The van der Waals surface area contributed by atoms with Gasteiger partial charge in [-0.1, -0.05) is 6.92 Å². The fourth-order valence-corrected chi connectivity index (χ4v) is 3.74. The lowest BCUT2D eigenvalue weighted by atomic mass is 10.00. The first-order valence-electron chi connectivity index (χ1n) is 7.59. The van der Waals surface area contributed by atoms with Gasteiger partial charge in [0, 0.05) is 38.3 Å². The molecule has 0 amide bonds. The molecule has 0 aliphatic carbocycles. The Hall–Kier alpha value is -0.920. The first kappa shape index (κ1) is 16.5. The zero-order valence-corrected chi connectivity index (χ0v) is 13.7. The molecule has 1 fully saturated rings. The van der Waals surface area contributed by atoms with Crippen LogP contribution in [0.25, 0.3) is 0 Å². The molecule has 0 bridgehead atoms. The van der Waals surface area contributed by atoms with Gasteiger partial charge in [0.15, 0.2) is 0 Å².